The molecule has 0 saturated carbocycles. The molecule has 0 aliphatic heterocycles. The first-order chi connectivity index (χ1) is 19.9. The van der Waals surface area contributed by atoms with E-state index in [2.05, 4.69) is 195 Å². The van der Waals surface area contributed by atoms with Gasteiger partial charge in [0.2, 0.25) is 0 Å². The predicted octanol–water partition coefficient (Wildman–Crippen LogP) is 7.69. The van der Waals surface area contributed by atoms with Gasteiger partial charge >= 0.3 is 0 Å². The van der Waals surface area contributed by atoms with E-state index < -0.39 is 15.8 Å². The third-order valence-corrected chi connectivity index (χ3v) is 11.0. The van der Waals surface area contributed by atoms with Crippen LogP contribution in [0, 0.1) is 0 Å². The van der Waals surface area contributed by atoms with Gasteiger partial charge in [-0.2, -0.15) is 0 Å². The molecule has 6 aromatic carbocycles. The Morgan fingerprint density at radius 2 is 0.350 bits per heavy atom. The van der Waals surface area contributed by atoms with E-state index in [4.69, 9.17) is 0 Å². The minimum absolute atomic E-state index is 0.446. The quantitative estimate of drug-likeness (QED) is 0.147. The van der Waals surface area contributed by atoms with Gasteiger partial charge in [-0.3, -0.25) is 0 Å². The standard InChI is InChI=1S/2C18H15P.C2H4/c2*1-4-10-16(11-5-1)19(17-12-6-2-7-13-17)18-14-8-3-9-15-18;1-2/h2*1-15H;1-2H2. The van der Waals surface area contributed by atoms with Gasteiger partial charge in [-0.1, -0.05) is 182 Å². The molecule has 0 N–H and O–H groups in total. The van der Waals surface area contributed by atoms with Crippen molar-refractivity contribution in [2.45, 2.75) is 0 Å². The van der Waals surface area contributed by atoms with Crippen molar-refractivity contribution in [1.29, 1.82) is 0 Å². The fourth-order valence-corrected chi connectivity index (χ4v) is 8.97. The second-order valence-electron chi connectivity index (χ2n) is 8.68. The lowest BCUT2D eigenvalue weighted by Crippen LogP contribution is -2.20. The molecule has 0 spiro atoms. The summed E-state index contributed by atoms with van der Waals surface area (Å²) in [7, 11) is -0.892. The molecule has 40 heavy (non-hydrogen) atoms. The van der Waals surface area contributed by atoms with Crippen LogP contribution in [0.1, 0.15) is 0 Å². The summed E-state index contributed by atoms with van der Waals surface area (Å²) in [5.41, 5.74) is 0. The summed E-state index contributed by atoms with van der Waals surface area (Å²) >= 11 is 0. The third-order valence-electron chi connectivity index (χ3n) is 6.09. The maximum atomic E-state index is 3.00. The highest BCUT2D eigenvalue weighted by molar-refractivity contribution is 7.80. The van der Waals surface area contributed by atoms with Crippen LogP contribution in [0.3, 0.4) is 0 Å². The molecule has 0 radical (unpaired) electrons. The van der Waals surface area contributed by atoms with E-state index >= 15 is 0 Å². The summed E-state index contributed by atoms with van der Waals surface area (Å²) in [6.45, 7) is 6.00. The van der Waals surface area contributed by atoms with Crippen LogP contribution < -0.4 is 31.8 Å². The van der Waals surface area contributed by atoms with E-state index in [-0.39, 0.29) is 0 Å². The van der Waals surface area contributed by atoms with Crippen LogP contribution in [0.5, 0.6) is 0 Å². The monoisotopic (exact) mass is 552 g/mol. The van der Waals surface area contributed by atoms with Crippen LogP contribution in [-0.2, 0) is 0 Å². The Morgan fingerprint density at radius 3 is 0.475 bits per heavy atom. The van der Waals surface area contributed by atoms with Gasteiger partial charge in [0.25, 0.3) is 0 Å². The molecule has 196 valence electrons. The van der Waals surface area contributed by atoms with Crippen molar-refractivity contribution < 1.29 is 0 Å². The minimum Gasteiger partial charge on any atom is -0.106 e. The fourth-order valence-electron chi connectivity index (χ4n) is 4.36. The Balaban J connectivity index is 0.000000174. The number of hydrogen-bond donors (Lipinski definition) is 0. The van der Waals surface area contributed by atoms with Crippen molar-refractivity contribution in [1.82, 2.24) is 0 Å². The SMILES string of the molecule is C=C.c1ccc(P(c2ccccc2)c2ccccc2)cc1.c1ccc(P(c2ccccc2)c2ccccc2)cc1. The molecule has 0 heterocycles. The molecule has 0 amide bonds. The highest BCUT2D eigenvalue weighted by atomic mass is 31.1. The second kappa shape index (κ2) is 16.1. The first-order valence-corrected chi connectivity index (χ1v) is 16.0. The van der Waals surface area contributed by atoms with Crippen LogP contribution >= 0.6 is 15.8 Å². The highest BCUT2D eigenvalue weighted by Crippen LogP contribution is 2.33. The maximum absolute atomic E-state index is 3.00. The van der Waals surface area contributed by atoms with Gasteiger partial charge in [-0.05, 0) is 47.7 Å². The summed E-state index contributed by atoms with van der Waals surface area (Å²) in [5.74, 6) is 0. The normalized spacial score (nSPS) is 10.2. The van der Waals surface area contributed by atoms with Crippen molar-refractivity contribution in [3.05, 3.63) is 195 Å². The maximum Gasteiger partial charge on any atom is -0.0134 e. The zero-order valence-electron chi connectivity index (χ0n) is 22.6. The van der Waals surface area contributed by atoms with Crippen LogP contribution in [0.15, 0.2) is 195 Å². The van der Waals surface area contributed by atoms with E-state index in [0.29, 0.717) is 0 Å². The van der Waals surface area contributed by atoms with Gasteiger partial charge in [-0.15, -0.1) is 13.2 Å². The smallest absolute Gasteiger partial charge is 0.0134 e. The number of hydrogen-bond acceptors (Lipinski definition) is 0. The van der Waals surface area contributed by atoms with Gasteiger partial charge in [0.15, 0.2) is 0 Å². The number of benzene rings is 6. The average molecular weight is 553 g/mol. The van der Waals surface area contributed by atoms with Gasteiger partial charge in [0, 0.05) is 0 Å². The van der Waals surface area contributed by atoms with Crippen LogP contribution in [-0.4, -0.2) is 0 Å². The Bertz CT molecular complexity index is 1180. The summed E-state index contributed by atoms with van der Waals surface area (Å²) in [6, 6.07) is 64.7. The first kappa shape index (κ1) is 28.9. The molecule has 2 heteroatoms. The summed E-state index contributed by atoms with van der Waals surface area (Å²) in [5, 5.41) is 8.39. The molecule has 0 unspecified atom stereocenters. The Labute approximate surface area is 242 Å². The van der Waals surface area contributed by atoms with Crippen molar-refractivity contribution >= 4 is 47.7 Å². The predicted molar refractivity (Wildman–Crippen MR) is 182 cm³/mol. The van der Waals surface area contributed by atoms with Gasteiger partial charge in [0.1, 0.15) is 0 Å². The molecule has 0 fully saturated rings. The summed E-state index contributed by atoms with van der Waals surface area (Å²) in [6.07, 6.45) is 0. The molecule has 0 saturated heterocycles. The van der Waals surface area contributed by atoms with E-state index in [1.54, 1.807) is 0 Å². The molecule has 0 atom stereocenters. The van der Waals surface area contributed by atoms with Crippen molar-refractivity contribution in [3.63, 3.8) is 0 Å². The topological polar surface area (TPSA) is 0 Å². The van der Waals surface area contributed by atoms with Gasteiger partial charge in [-0.25, -0.2) is 0 Å². The molecule has 0 aromatic heterocycles. The summed E-state index contributed by atoms with van der Waals surface area (Å²) < 4.78 is 0. The number of rotatable bonds is 6. The molecule has 0 aliphatic carbocycles. The molecular weight excluding hydrogens is 518 g/mol. The highest BCUT2D eigenvalue weighted by Gasteiger charge is 2.16. The minimum atomic E-state index is -0.446. The molecule has 0 nitrogen and oxygen atoms in total. The van der Waals surface area contributed by atoms with Crippen LogP contribution in [0.25, 0.3) is 0 Å². The lowest BCUT2D eigenvalue weighted by atomic mass is 10.4. The van der Waals surface area contributed by atoms with Crippen molar-refractivity contribution in [3.8, 4) is 0 Å². The van der Waals surface area contributed by atoms with Crippen molar-refractivity contribution in [2.75, 3.05) is 0 Å². The van der Waals surface area contributed by atoms with Crippen LogP contribution in [0.2, 0.25) is 0 Å². The molecular formula is C38H34P2. The van der Waals surface area contributed by atoms with Gasteiger partial charge in [0.05, 0.1) is 0 Å². The summed E-state index contributed by atoms with van der Waals surface area (Å²) in [4.78, 5) is 0. The Kier molecular flexibility index (Phi) is 11.7. The first-order valence-electron chi connectivity index (χ1n) is 13.3. The van der Waals surface area contributed by atoms with E-state index in [1.807, 2.05) is 0 Å². The molecule has 0 aliphatic rings. The van der Waals surface area contributed by atoms with E-state index in [9.17, 15) is 0 Å². The van der Waals surface area contributed by atoms with E-state index in [0.717, 1.165) is 0 Å². The van der Waals surface area contributed by atoms with Gasteiger partial charge < -0.3 is 0 Å². The molecule has 6 aromatic rings. The lowest BCUT2D eigenvalue weighted by Gasteiger charge is -2.18. The zero-order chi connectivity index (χ0) is 27.8. The largest absolute Gasteiger partial charge is 0.106 e. The van der Waals surface area contributed by atoms with Crippen molar-refractivity contribution in [2.24, 2.45) is 0 Å². The molecule has 6 rings (SSSR count). The lowest BCUT2D eigenvalue weighted by molar-refractivity contribution is 1.74. The molecule has 0 bridgehead atoms. The Hall–Kier alpha value is -4.08. The zero-order valence-corrected chi connectivity index (χ0v) is 24.4. The van der Waals surface area contributed by atoms with E-state index in [1.165, 1.54) is 31.8 Å². The average Bonchev–Trinajstić information content (AvgIpc) is 3.06. The van der Waals surface area contributed by atoms with Crippen LogP contribution in [0.4, 0.5) is 0 Å². The Morgan fingerprint density at radius 1 is 0.225 bits per heavy atom. The second-order valence-corrected chi connectivity index (χ2v) is 13.1. The fraction of sp³-hybridized carbons (Fsp3) is 0. The third kappa shape index (κ3) is 7.97.